The third kappa shape index (κ3) is 5.83. The molecule has 0 bridgehead atoms. The molecule has 0 radical (unpaired) electrons. The van der Waals surface area contributed by atoms with Gasteiger partial charge in [0.25, 0.3) is 0 Å². The lowest BCUT2D eigenvalue weighted by molar-refractivity contribution is 0.115. The highest BCUT2D eigenvalue weighted by Crippen LogP contribution is 2.48. The van der Waals surface area contributed by atoms with Crippen LogP contribution in [0.1, 0.15) is 81.8 Å². The van der Waals surface area contributed by atoms with Crippen LogP contribution in [-0.2, 0) is 6.42 Å². The number of halogens is 2. The molecule has 0 amide bonds. The lowest BCUT2D eigenvalue weighted by atomic mass is 9.63. The Bertz CT molecular complexity index is 932. The highest BCUT2D eigenvalue weighted by molar-refractivity contribution is 5.65. The van der Waals surface area contributed by atoms with Crippen LogP contribution in [0, 0.1) is 29.4 Å². The summed E-state index contributed by atoms with van der Waals surface area (Å²) in [4.78, 5) is 0. The van der Waals surface area contributed by atoms with Gasteiger partial charge in [0.05, 0.1) is 5.56 Å². The highest BCUT2D eigenvalue weighted by atomic mass is 19.1. The molecular weight excluding hydrogens is 410 g/mol. The van der Waals surface area contributed by atoms with Gasteiger partial charge in [0, 0.05) is 0 Å². The first-order valence-electron chi connectivity index (χ1n) is 12.9. The van der Waals surface area contributed by atoms with Crippen molar-refractivity contribution in [3.05, 3.63) is 84.0 Å². The van der Waals surface area contributed by atoms with Gasteiger partial charge >= 0.3 is 0 Å². The minimum Gasteiger partial charge on any atom is -0.206 e. The van der Waals surface area contributed by atoms with E-state index in [1.807, 2.05) is 30.3 Å². The number of fused-ring (bicyclic) bond motifs is 1. The van der Waals surface area contributed by atoms with Crippen molar-refractivity contribution in [2.24, 2.45) is 17.8 Å². The fourth-order valence-corrected chi connectivity index (χ4v) is 6.26. The summed E-state index contributed by atoms with van der Waals surface area (Å²) in [5.41, 5.74) is 2.72. The minimum absolute atomic E-state index is 0.101. The Morgan fingerprint density at radius 1 is 0.909 bits per heavy atom. The molecule has 176 valence electrons. The van der Waals surface area contributed by atoms with Gasteiger partial charge in [0.15, 0.2) is 0 Å². The minimum atomic E-state index is -0.432. The zero-order valence-electron chi connectivity index (χ0n) is 20.0. The second-order valence-electron chi connectivity index (χ2n) is 10.2. The van der Waals surface area contributed by atoms with Crippen LogP contribution < -0.4 is 0 Å². The Morgan fingerprint density at radius 2 is 1.61 bits per heavy atom. The van der Waals surface area contributed by atoms with Crippen LogP contribution in [0.4, 0.5) is 8.78 Å². The maximum absolute atomic E-state index is 15.1. The van der Waals surface area contributed by atoms with Crippen LogP contribution in [0.5, 0.6) is 0 Å². The lowest BCUT2D eigenvalue weighted by Gasteiger charge is -2.42. The Morgan fingerprint density at radius 3 is 2.30 bits per heavy atom. The number of rotatable bonds is 8. The molecule has 2 aromatic carbocycles. The predicted octanol–water partition coefficient (Wildman–Crippen LogP) is 9.41. The second kappa shape index (κ2) is 11.3. The first-order valence-corrected chi connectivity index (χ1v) is 12.9. The Hall–Kier alpha value is -2.22. The van der Waals surface area contributed by atoms with Crippen molar-refractivity contribution in [1.82, 2.24) is 0 Å². The van der Waals surface area contributed by atoms with Gasteiger partial charge in [0.1, 0.15) is 11.6 Å². The number of hydrogen-bond donors (Lipinski definition) is 0. The summed E-state index contributed by atoms with van der Waals surface area (Å²) in [7, 11) is 0. The zero-order valence-corrected chi connectivity index (χ0v) is 20.0. The molecule has 4 atom stereocenters. The summed E-state index contributed by atoms with van der Waals surface area (Å²) in [6.07, 6.45) is 17.9. The van der Waals surface area contributed by atoms with E-state index < -0.39 is 11.6 Å². The average molecular weight is 449 g/mol. The third-order valence-corrected chi connectivity index (χ3v) is 8.11. The fraction of sp³-hybridized carbons (Fsp3) is 0.484. The molecule has 2 fully saturated rings. The maximum Gasteiger partial charge on any atom is 0.134 e. The van der Waals surface area contributed by atoms with Gasteiger partial charge in [-0.1, -0.05) is 48.9 Å². The van der Waals surface area contributed by atoms with Gasteiger partial charge in [0.2, 0.25) is 0 Å². The van der Waals surface area contributed by atoms with Crippen molar-refractivity contribution < 1.29 is 8.78 Å². The molecule has 2 aliphatic carbocycles. The summed E-state index contributed by atoms with van der Waals surface area (Å²) in [5.74, 6) is 1.80. The van der Waals surface area contributed by atoms with Gasteiger partial charge in [-0.3, -0.25) is 0 Å². The zero-order chi connectivity index (χ0) is 23.2. The van der Waals surface area contributed by atoms with Crippen molar-refractivity contribution in [2.45, 2.75) is 77.0 Å². The van der Waals surface area contributed by atoms with Gasteiger partial charge in [-0.15, -0.1) is 6.58 Å². The lowest BCUT2D eigenvalue weighted by Crippen LogP contribution is -2.30. The van der Waals surface area contributed by atoms with E-state index in [2.05, 4.69) is 25.7 Å². The molecule has 0 saturated heterocycles. The molecule has 0 aliphatic heterocycles. The molecule has 33 heavy (non-hydrogen) atoms. The van der Waals surface area contributed by atoms with E-state index in [1.54, 1.807) is 12.1 Å². The highest BCUT2D eigenvalue weighted by Gasteiger charge is 2.36. The molecular formula is C31H38F2. The van der Waals surface area contributed by atoms with Gasteiger partial charge in [-0.2, -0.15) is 0 Å². The maximum atomic E-state index is 15.1. The first-order chi connectivity index (χ1) is 16.1. The van der Waals surface area contributed by atoms with Gasteiger partial charge in [-0.05, 0) is 117 Å². The first kappa shape index (κ1) is 23.9. The van der Waals surface area contributed by atoms with E-state index in [0.717, 1.165) is 54.6 Å². The van der Waals surface area contributed by atoms with Crippen LogP contribution in [0.2, 0.25) is 0 Å². The Balaban J connectivity index is 1.42. The molecule has 2 saturated carbocycles. The van der Waals surface area contributed by atoms with E-state index in [-0.39, 0.29) is 11.5 Å². The largest absolute Gasteiger partial charge is 0.206 e. The van der Waals surface area contributed by atoms with Gasteiger partial charge in [-0.25, -0.2) is 8.78 Å². The summed E-state index contributed by atoms with van der Waals surface area (Å²) in [6, 6.07) is 10.8. The molecule has 2 aliphatic rings. The third-order valence-electron chi connectivity index (χ3n) is 8.11. The number of allylic oxidation sites excluding steroid dienone is 3. The standard InChI is InChI=1S/C31H38F2/c1-3-5-7-9-23-12-15-26-19-27(17-16-25(26)18-23)28-20-29(32)31(30(33)21-28)24-13-10-22(11-14-24)8-6-4-2/h3-5,10-11,13-14,20-21,23,25-27H,2,6-9,12,15-19H2,1H3/b5-3+. The Kier molecular flexibility index (Phi) is 8.17. The van der Waals surface area contributed by atoms with Crippen LogP contribution in [0.25, 0.3) is 11.1 Å². The van der Waals surface area contributed by atoms with E-state index in [9.17, 15) is 0 Å². The van der Waals surface area contributed by atoms with Crippen molar-refractivity contribution in [1.29, 1.82) is 0 Å². The average Bonchev–Trinajstić information content (AvgIpc) is 2.83. The predicted molar refractivity (Wildman–Crippen MR) is 135 cm³/mol. The smallest absolute Gasteiger partial charge is 0.134 e. The van der Waals surface area contributed by atoms with Crippen LogP contribution in [0.15, 0.2) is 61.2 Å². The van der Waals surface area contributed by atoms with E-state index >= 15 is 8.78 Å². The molecule has 4 rings (SSSR count). The molecule has 2 heteroatoms. The van der Waals surface area contributed by atoms with Crippen LogP contribution >= 0.6 is 0 Å². The van der Waals surface area contributed by atoms with E-state index in [1.165, 1.54) is 38.5 Å². The summed E-state index contributed by atoms with van der Waals surface area (Å²) in [6.45, 7) is 5.84. The summed E-state index contributed by atoms with van der Waals surface area (Å²) in [5, 5.41) is 0. The Labute approximate surface area is 198 Å². The topological polar surface area (TPSA) is 0 Å². The van der Waals surface area contributed by atoms with E-state index in [0.29, 0.717) is 5.56 Å². The molecule has 2 aromatic rings. The van der Waals surface area contributed by atoms with Crippen LogP contribution in [-0.4, -0.2) is 0 Å². The SMILES string of the molecule is C=CCCc1ccc(-c2c(F)cc(C3CCC4CC(CC/C=C/C)CCC4C3)cc2F)cc1. The molecule has 0 spiro atoms. The number of benzene rings is 2. The molecule has 0 heterocycles. The summed E-state index contributed by atoms with van der Waals surface area (Å²) >= 11 is 0. The van der Waals surface area contributed by atoms with Crippen LogP contribution in [0.3, 0.4) is 0 Å². The molecule has 4 unspecified atom stereocenters. The normalized spacial score (nSPS) is 25.2. The fourth-order valence-electron chi connectivity index (χ4n) is 6.26. The molecule has 0 nitrogen and oxygen atoms in total. The van der Waals surface area contributed by atoms with Crippen molar-refractivity contribution in [3.63, 3.8) is 0 Å². The number of aryl methyl sites for hydroxylation is 1. The number of hydrogen-bond acceptors (Lipinski definition) is 0. The monoisotopic (exact) mass is 448 g/mol. The van der Waals surface area contributed by atoms with Gasteiger partial charge < -0.3 is 0 Å². The quantitative estimate of drug-likeness (QED) is 0.353. The van der Waals surface area contributed by atoms with Crippen molar-refractivity contribution in [3.8, 4) is 11.1 Å². The van der Waals surface area contributed by atoms with Crippen molar-refractivity contribution in [2.75, 3.05) is 0 Å². The molecule has 0 N–H and O–H groups in total. The van der Waals surface area contributed by atoms with E-state index in [4.69, 9.17) is 0 Å². The second-order valence-corrected chi connectivity index (χ2v) is 10.2. The van der Waals surface area contributed by atoms with Crippen molar-refractivity contribution >= 4 is 0 Å². The summed E-state index contributed by atoms with van der Waals surface area (Å²) < 4.78 is 30.3. The molecule has 0 aromatic heterocycles.